The van der Waals surface area contributed by atoms with Crippen LogP contribution in [-0.4, -0.2) is 29.3 Å². The van der Waals surface area contributed by atoms with Crippen molar-refractivity contribution in [2.45, 2.75) is 66.0 Å². The van der Waals surface area contributed by atoms with Crippen molar-refractivity contribution in [1.82, 2.24) is 15.5 Å². The summed E-state index contributed by atoms with van der Waals surface area (Å²) in [6, 6.07) is 0.403. The van der Waals surface area contributed by atoms with Crippen LogP contribution in [0.4, 0.5) is 0 Å². The van der Waals surface area contributed by atoms with Gasteiger partial charge in [-0.25, -0.2) is 0 Å². The van der Waals surface area contributed by atoms with E-state index in [4.69, 9.17) is 9.26 Å². The van der Waals surface area contributed by atoms with Crippen molar-refractivity contribution in [2.24, 2.45) is 5.92 Å². The predicted molar refractivity (Wildman–Crippen MR) is 79.5 cm³/mol. The number of nitrogens with one attached hydrogen (secondary N) is 1. The highest BCUT2D eigenvalue weighted by Crippen LogP contribution is 2.10. The fourth-order valence-corrected chi connectivity index (χ4v) is 2.11. The fourth-order valence-electron chi connectivity index (χ4n) is 2.11. The Morgan fingerprint density at radius 1 is 1.25 bits per heavy atom. The topological polar surface area (TPSA) is 60.2 Å². The van der Waals surface area contributed by atoms with Gasteiger partial charge in [0.1, 0.15) is 6.61 Å². The normalized spacial score (nSPS) is 13.1. The Balaban J connectivity index is 2.46. The molecule has 0 amide bonds. The highest BCUT2D eigenvalue weighted by Gasteiger charge is 2.15. The largest absolute Gasteiger partial charge is 0.373 e. The maximum Gasteiger partial charge on any atom is 0.228 e. The molecule has 0 aliphatic carbocycles. The van der Waals surface area contributed by atoms with Gasteiger partial charge in [-0.2, -0.15) is 4.98 Å². The quantitative estimate of drug-likeness (QED) is 0.633. The van der Waals surface area contributed by atoms with Crippen LogP contribution < -0.4 is 5.32 Å². The number of hydrogen-bond acceptors (Lipinski definition) is 5. The van der Waals surface area contributed by atoms with Gasteiger partial charge in [0.15, 0.2) is 5.82 Å². The van der Waals surface area contributed by atoms with Crippen molar-refractivity contribution in [1.29, 1.82) is 0 Å². The van der Waals surface area contributed by atoms with Gasteiger partial charge in [-0.05, 0) is 31.7 Å². The van der Waals surface area contributed by atoms with Crippen molar-refractivity contribution in [3.63, 3.8) is 0 Å². The van der Waals surface area contributed by atoms with Gasteiger partial charge >= 0.3 is 0 Å². The molecule has 116 valence electrons. The number of aromatic nitrogens is 2. The standard InChI is InChI=1S/C15H29N3O2/c1-5-7-16-13(9-12(3)4)10-15-17-14(18-20-15)11-19-8-6-2/h12-13,16H,5-11H2,1-4H3. The lowest BCUT2D eigenvalue weighted by Gasteiger charge is -2.18. The molecule has 1 rings (SSSR count). The van der Waals surface area contributed by atoms with Crippen molar-refractivity contribution < 1.29 is 9.26 Å². The second kappa shape index (κ2) is 9.88. The van der Waals surface area contributed by atoms with E-state index in [-0.39, 0.29) is 0 Å². The molecule has 0 fully saturated rings. The molecule has 0 saturated heterocycles. The Labute approximate surface area is 122 Å². The van der Waals surface area contributed by atoms with Crippen LogP contribution in [0.3, 0.4) is 0 Å². The molecule has 0 radical (unpaired) electrons. The molecule has 1 unspecified atom stereocenters. The maximum atomic E-state index is 5.42. The van der Waals surface area contributed by atoms with Crippen molar-refractivity contribution >= 4 is 0 Å². The van der Waals surface area contributed by atoms with E-state index in [1.165, 1.54) is 0 Å². The van der Waals surface area contributed by atoms with Crippen molar-refractivity contribution in [3.05, 3.63) is 11.7 Å². The minimum Gasteiger partial charge on any atom is -0.373 e. The first kappa shape index (κ1) is 17.1. The Morgan fingerprint density at radius 2 is 2.05 bits per heavy atom. The van der Waals surface area contributed by atoms with Gasteiger partial charge in [0.05, 0.1) is 0 Å². The van der Waals surface area contributed by atoms with Crippen LogP contribution in [0, 0.1) is 5.92 Å². The fraction of sp³-hybridized carbons (Fsp3) is 0.867. The summed E-state index contributed by atoms with van der Waals surface area (Å²) in [5, 5.41) is 7.51. The molecular weight excluding hydrogens is 254 g/mol. The Bertz CT molecular complexity index is 353. The third-order valence-corrected chi connectivity index (χ3v) is 2.95. The summed E-state index contributed by atoms with van der Waals surface area (Å²) in [6.07, 6.45) is 4.04. The minimum absolute atomic E-state index is 0.403. The second-order valence-electron chi connectivity index (χ2n) is 5.64. The number of hydrogen-bond donors (Lipinski definition) is 1. The van der Waals surface area contributed by atoms with Crippen molar-refractivity contribution in [3.8, 4) is 0 Å². The Kier molecular flexibility index (Phi) is 8.46. The SMILES string of the molecule is CCCNC(Cc1nc(COCCC)no1)CC(C)C. The first-order valence-corrected chi connectivity index (χ1v) is 7.78. The molecule has 0 aliphatic heterocycles. The van der Waals surface area contributed by atoms with E-state index < -0.39 is 0 Å². The van der Waals surface area contributed by atoms with Crippen molar-refractivity contribution in [2.75, 3.05) is 13.2 Å². The number of nitrogens with zero attached hydrogens (tertiary/aromatic N) is 2. The van der Waals surface area contributed by atoms with Crippen LogP contribution in [0.2, 0.25) is 0 Å². The number of ether oxygens (including phenoxy) is 1. The zero-order chi connectivity index (χ0) is 14.8. The molecule has 1 atom stereocenters. The number of rotatable bonds is 11. The average Bonchev–Trinajstić information content (AvgIpc) is 2.83. The zero-order valence-corrected chi connectivity index (χ0v) is 13.3. The maximum absolute atomic E-state index is 5.42. The monoisotopic (exact) mass is 283 g/mol. The summed E-state index contributed by atoms with van der Waals surface area (Å²) in [7, 11) is 0. The molecule has 5 nitrogen and oxygen atoms in total. The van der Waals surface area contributed by atoms with Crippen LogP contribution in [0.1, 0.15) is 58.7 Å². The van der Waals surface area contributed by atoms with Gasteiger partial charge in [-0.15, -0.1) is 0 Å². The van der Waals surface area contributed by atoms with Crippen LogP contribution in [0.5, 0.6) is 0 Å². The summed E-state index contributed by atoms with van der Waals surface area (Å²) in [6.45, 7) is 10.9. The zero-order valence-electron chi connectivity index (χ0n) is 13.3. The van der Waals surface area contributed by atoms with Gasteiger partial charge in [-0.1, -0.05) is 32.9 Å². The smallest absolute Gasteiger partial charge is 0.228 e. The summed E-state index contributed by atoms with van der Waals surface area (Å²) in [4.78, 5) is 4.39. The molecule has 0 bridgehead atoms. The van der Waals surface area contributed by atoms with Gasteiger partial charge in [0, 0.05) is 19.1 Å². The van der Waals surface area contributed by atoms with E-state index in [1.807, 2.05) is 0 Å². The Morgan fingerprint density at radius 3 is 2.70 bits per heavy atom. The van der Waals surface area contributed by atoms with Crippen LogP contribution in [0.25, 0.3) is 0 Å². The lowest BCUT2D eigenvalue weighted by Crippen LogP contribution is -2.33. The van der Waals surface area contributed by atoms with Crippen LogP contribution >= 0.6 is 0 Å². The summed E-state index contributed by atoms with van der Waals surface area (Å²) in [5.41, 5.74) is 0. The minimum atomic E-state index is 0.403. The first-order chi connectivity index (χ1) is 9.65. The molecule has 0 saturated carbocycles. The molecule has 0 aromatic carbocycles. The molecule has 0 aliphatic rings. The lowest BCUT2D eigenvalue weighted by atomic mass is 10.0. The molecule has 1 N–H and O–H groups in total. The van der Waals surface area contributed by atoms with Crippen LogP contribution in [0.15, 0.2) is 4.52 Å². The molecule has 1 heterocycles. The van der Waals surface area contributed by atoms with E-state index in [1.54, 1.807) is 0 Å². The Hall–Kier alpha value is -0.940. The third kappa shape index (κ3) is 7.01. The molecule has 1 aromatic rings. The van der Waals surface area contributed by atoms with Gasteiger partial charge in [0.25, 0.3) is 0 Å². The van der Waals surface area contributed by atoms with Gasteiger partial charge in [-0.3, -0.25) is 0 Å². The molecule has 20 heavy (non-hydrogen) atoms. The molecule has 0 spiro atoms. The molecule has 5 heteroatoms. The second-order valence-corrected chi connectivity index (χ2v) is 5.64. The van der Waals surface area contributed by atoms with E-state index in [0.717, 1.165) is 38.8 Å². The summed E-state index contributed by atoms with van der Waals surface area (Å²) >= 11 is 0. The highest BCUT2D eigenvalue weighted by molar-refractivity contribution is 4.89. The lowest BCUT2D eigenvalue weighted by molar-refractivity contribution is 0.114. The summed E-state index contributed by atoms with van der Waals surface area (Å²) in [5.74, 6) is 2.00. The molecular formula is C15H29N3O2. The highest BCUT2D eigenvalue weighted by atomic mass is 16.5. The van der Waals surface area contributed by atoms with Gasteiger partial charge < -0.3 is 14.6 Å². The van der Waals surface area contributed by atoms with Crippen LogP contribution in [-0.2, 0) is 17.8 Å². The first-order valence-electron chi connectivity index (χ1n) is 7.78. The third-order valence-electron chi connectivity index (χ3n) is 2.95. The van der Waals surface area contributed by atoms with E-state index >= 15 is 0 Å². The van der Waals surface area contributed by atoms with E-state index in [0.29, 0.717) is 30.3 Å². The van der Waals surface area contributed by atoms with Gasteiger partial charge in [0.2, 0.25) is 5.89 Å². The van der Waals surface area contributed by atoms with E-state index in [2.05, 4.69) is 43.2 Å². The van der Waals surface area contributed by atoms with E-state index in [9.17, 15) is 0 Å². The summed E-state index contributed by atoms with van der Waals surface area (Å²) < 4.78 is 10.7. The predicted octanol–water partition coefficient (Wildman–Crippen LogP) is 2.95. The average molecular weight is 283 g/mol. The molecule has 1 aromatic heterocycles.